The average Bonchev–Trinajstić information content (AvgIpc) is 3.11. The van der Waals surface area contributed by atoms with E-state index in [1.54, 1.807) is 11.3 Å². The lowest BCUT2D eigenvalue weighted by molar-refractivity contribution is 0.880. The summed E-state index contributed by atoms with van der Waals surface area (Å²) in [5.41, 5.74) is 2.09. The Bertz CT molecular complexity index is 616. The van der Waals surface area contributed by atoms with Crippen molar-refractivity contribution in [2.45, 2.75) is 6.42 Å². The molecular formula is C14H14N4S. The molecular weight excluding hydrogens is 256 g/mol. The van der Waals surface area contributed by atoms with E-state index in [2.05, 4.69) is 15.4 Å². The van der Waals surface area contributed by atoms with E-state index in [4.69, 9.17) is 0 Å². The second-order valence-electron chi connectivity index (χ2n) is 4.11. The van der Waals surface area contributed by atoms with Crippen LogP contribution >= 0.6 is 11.3 Å². The lowest BCUT2D eigenvalue weighted by Crippen LogP contribution is -2.03. The number of nitrogens with zero attached hydrogens (tertiary/aromatic N) is 3. The van der Waals surface area contributed by atoms with Crippen molar-refractivity contribution in [1.82, 2.24) is 14.8 Å². The molecule has 5 heteroatoms. The molecule has 3 aromatic rings. The Morgan fingerprint density at radius 2 is 2.11 bits per heavy atom. The molecule has 19 heavy (non-hydrogen) atoms. The van der Waals surface area contributed by atoms with Crippen LogP contribution in [0.25, 0.3) is 5.69 Å². The van der Waals surface area contributed by atoms with E-state index in [1.807, 2.05) is 59.0 Å². The van der Waals surface area contributed by atoms with E-state index < -0.39 is 0 Å². The van der Waals surface area contributed by atoms with Crippen LogP contribution in [0, 0.1) is 0 Å². The van der Waals surface area contributed by atoms with Gasteiger partial charge in [0.1, 0.15) is 0 Å². The van der Waals surface area contributed by atoms with E-state index in [0.717, 1.165) is 29.3 Å². The van der Waals surface area contributed by atoms with Crippen LogP contribution in [0.1, 0.15) is 5.01 Å². The monoisotopic (exact) mass is 270 g/mol. The van der Waals surface area contributed by atoms with E-state index >= 15 is 0 Å². The number of thiazole rings is 1. The van der Waals surface area contributed by atoms with Gasteiger partial charge in [0, 0.05) is 24.5 Å². The van der Waals surface area contributed by atoms with Gasteiger partial charge in [0.2, 0.25) is 0 Å². The molecule has 0 amide bonds. The molecule has 0 radical (unpaired) electrons. The summed E-state index contributed by atoms with van der Waals surface area (Å²) in [6.07, 6.45) is 6.62. The Hall–Kier alpha value is -2.14. The highest BCUT2D eigenvalue weighted by molar-refractivity contribution is 7.09. The second-order valence-corrected chi connectivity index (χ2v) is 5.09. The number of hydrogen-bond acceptors (Lipinski definition) is 4. The van der Waals surface area contributed by atoms with Gasteiger partial charge in [-0.2, -0.15) is 5.10 Å². The fourth-order valence-electron chi connectivity index (χ4n) is 1.83. The zero-order chi connectivity index (χ0) is 12.9. The predicted octanol–water partition coefficient (Wildman–Crippen LogP) is 2.98. The van der Waals surface area contributed by atoms with Crippen molar-refractivity contribution in [3.63, 3.8) is 0 Å². The molecule has 0 atom stereocenters. The van der Waals surface area contributed by atoms with Crippen LogP contribution in [0.5, 0.6) is 0 Å². The first-order valence-electron chi connectivity index (χ1n) is 6.14. The molecule has 0 saturated heterocycles. The summed E-state index contributed by atoms with van der Waals surface area (Å²) < 4.78 is 1.87. The molecule has 0 bridgehead atoms. The minimum absolute atomic E-state index is 0.869. The van der Waals surface area contributed by atoms with Gasteiger partial charge in [0.15, 0.2) is 0 Å². The Morgan fingerprint density at radius 1 is 1.21 bits per heavy atom. The molecule has 1 N–H and O–H groups in total. The maximum absolute atomic E-state index is 4.34. The molecule has 2 aromatic heterocycles. The SMILES string of the molecule is c1ccc(-n2cc(NCCc3nccs3)cn2)cc1. The van der Waals surface area contributed by atoms with Gasteiger partial charge in [-0.1, -0.05) is 18.2 Å². The van der Waals surface area contributed by atoms with Crippen molar-refractivity contribution in [2.24, 2.45) is 0 Å². The van der Waals surface area contributed by atoms with Crippen molar-refractivity contribution >= 4 is 17.0 Å². The summed E-state index contributed by atoms with van der Waals surface area (Å²) in [6, 6.07) is 10.1. The van der Waals surface area contributed by atoms with E-state index in [9.17, 15) is 0 Å². The topological polar surface area (TPSA) is 42.7 Å². The highest BCUT2D eigenvalue weighted by atomic mass is 32.1. The fraction of sp³-hybridized carbons (Fsp3) is 0.143. The smallest absolute Gasteiger partial charge is 0.0942 e. The van der Waals surface area contributed by atoms with Crippen molar-refractivity contribution in [3.05, 3.63) is 59.3 Å². The molecule has 0 spiro atoms. The zero-order valence-electron chi connectivity index (χ0n) is 10.4. The lowest BCUT2D eigenvalue weighted by atomic mass is 10.3. The number of rotatable bonds is 5. The number of anilines is 1. The number of aromatic nitrogens is 3. The lowest BCUT2D eigenvalue weighted by Gasteiger charge is -2.01. The summed E-state index contributed by atoms with van der Waals surface area (Å²) in [7, 11) is 0. The first kappa shape index (κ1) is 11.9. The molecule has 0 aliphatic heterocycles. The minimum atomic E-state index is 0.869. The normalized spacial score (nSPS) is 10.5. The van der Waals surface area contributed by atoms with Crippen molar-refractivity contribution in [3.8, 4) is 5.69 Å². The predicted molar refractivity (Wildman–Crippen MR) is 77.9 cm³/mol. The van der Waals surface area contributed by atoms with Crippen LogP contribution in [-0.2, 0) is 6.42 Å². The third kappa shape index (κ3) is 3.00. The summed E-state index contributed by atoms with van der Waals surface area (Å²) >= 11 is 1.69. The van der Waals surface area contributed by atoms with E-state index in [-0.39, 0.29) is 0 Å². The Morgan fingerprint density at radius 3 is 2.89 bits per heavy atom. The Kier molecular flexibility index (Phi) is 3.56. The van der Waals surface area contributed by atoms with Crippen molar-refractivity contribution in [1.29, 1.82) is 0 Å². The number of para-hydroxylation sites is 1. The summed E-state index contributed by atoms with van der Waals surface area (Å²) in [5.74, 6) is 0. The number of benzene rings is 1. The molecule has 0 unspecified atom stereocenters. The highest BCUT2D eigenvalue weighted by Gasteiger charge is 2.00. The minimum Gasteiger partial charge on any atom is -0.382 e. The molecule has 0 saturated carbocycles. The zero-order valence-corrected chi connectivity index (χ0v) is 11.2. The van der Waals surface area contributed by atoms with Crippen LogP contribution in [0.2, 0.25) is 0 Å². The second kappa shape index (κ2) is 5.67. The van der Waals surface area contributed by atoms with Gasteiger partial charge in [0.05, 0.1) is 28.8 Å². The van der Waals surface area contributed by atoms with Crippen molar-refractivity contribution < 1.29 is 0 Å². The Balaban J connectivity index is 1.59. The number of hydrogen-bond donors (Lipinski definition) is 1. The maximum Gasteiger partial charge on any atom is 0.0942 e. The van der Waals surface area contributed by atoms with E-state index in [1.165, 1.54) is 0 Å². The summed E-state index contributed by atoms with van der Waals surface area (Å²) in [5, 5.41) is 10.9. The van der Waals surface area contributed by atoms with Crippen LogP contribution in [0.3, 0.4) is 0 Å². The molecule has 96 valence electrons. The van der Waals surface area contributed by atoms with Crippen LogP contribution < -0.4 is 5.32 Å². The van der Waals surface area contributed by atoms with Crippen LogP contribution in [0.15, 0.2) is 54.3 Å². The third-order valence-corrected chi connectivity index (χ3v) is 3.59. The summed E-state index contributed by atoms with van der Waals surface area (Å²) in [4.78, 5) is 4.26. The van der Waals surface area contributed by atoms with Crippen molar-refractivity contribution in [2.75, 3.05) is 11.9 Å². The fourth-order valence-corrected chi connectivity index (χ4v) is 2.45. The van der Waals surface area contributed by atoms with Gasteiger partial charge < -0.3 is 5.32 Å². The molecule has 0 aliphatic carbocycles. The molecule has 0 aliphatic rings. The molecule has 1 aromatic carbocycles. The maximum atomic E-state index is 4.34. The highest BCUT2D eigenvalue weighted by Crippen LogP contribution is 2.11. The molecule has 0 fully saturated rings. The summed E-state index contributed by atoms with van der Waals surface area (Å²) in [6.45, 7) is 0.869. The number of nitrogens with one attached hydrogen (secondary N) is 1. The molecule has 3 rings (SSSR count). The molecule has 4 nitrogen and oxygen atoms in total. The van der Waals surface area contributed by atoms with Gasteiger partial charge >= 0.3 is 0 Å². The van der Waals surface area contributed by atoms with Crippen LogP contribution in [0.4, 0.5) is 5.69 Å². The third-order valence-electron chi connectivity index (χ3n) is 2.75. The van der Waals surface area contributed by atoms with Gasteiger partial charge in [-0.3, -0.25) is 0 Å². The molecule has 2 heterocycles. The average molecular weight is 270 g/mol. The van der Waals surface area contributed by atoms with Gasteiger partial charge in [0.25, 0.3) is 0 Å². The standard InChI is InChI=1S/C14H14N4S/c1-2-4-13(5-3-1)18-11-12(10-17-18)15-7-6-14-16-8-9-19-14/h1-5,8-11,15H,6-7H2. The quantitative estimate of drug-likeness (QED) is 0.775. The largest absolute Gasteiger partial charge is 0.382 e. The Labute approximate surface area is 115 Å². The van der Waals surface area contributed by atoms with E-state index in [0.29, 0.717) is 0 Å². The van der Waals surface area contributed by atoms with Crippen LogP contribution in [-0.4, -0.2) is 21.3 Å². The van der Waals surface area contributed by atoms with Gasteiger partial charge in [-0.05, 0) is 12.1 Å². The first-order valence-corrected chi connectivity index (χ1v) is 7.02. The van der Waals surface area contributed by atoms with Gasteiger partial charge in [-0.15, -0.1) is 11.3 Å². The first-order chi connectivity index (χ1) is 9.42. The van der Waals surface area contributed by atoms with Gasteiger partial charge in [-0.25, -0.2) is 9.67 Å².